The van der Waals surface area contributed by atoms with Crippen LogP contribution in [0.5, 0.6) is 0 Å². The Morgan fingerprint density at radius 2 is 1.86 bits per heavy atom. The van der Waals surface area contributed by atoms with Gasteiger partial charge in [0.2, 0.25) is 5.91 Å². The van der Waals surface area contributed by atoms with Crippen LogP contribution in [0.15, 0.2) is 0 Å². The number of nitrogens with one attached hydrogen (secondary N) is 1. The van der Waals surface area contributed by atoms with Gasteiger partial charge in [-0.05, 0) is 44.4 Å². The minimum Gasteiger partial charge on any atom is -0.481 e. The first-order valence-corrected chi connectivity index (χ1v) is 8.13. The Morgan fingerprint density at radius 3 is 2.43 bits per heavy atom. The number of ether oxygens (including phenoxy) is 1. The zero-order valence-electron chi connectivity index (χ0n) is 13.0. The van der Waals surface area contributed by atoms with E-state index in [1.807, 2.05) is 6.92 Å². The summed E-state index contributed by atoms with van der Waals surface area (Å²) in [7, 11) is 0. The maximum absolute atomic E-state index is 12.5. The van der Waals surface area contributed by atoms with Crippen molar-refractivity contribution in [2.45, 2.75) is 52.0 Å². The minimum absolute atomic E-state index is 0.0719. The van der Waals surface area contributed by atoms with E-state index in [2.05, 4.69) is 12.2 Å². The summed E-state index contributed by atoms with van der Waals surface area (Å²) < 4.78 is 5.34. The molecule has 1 saturated heterocycles. The number of aliphatic carboxylic acids is 1. The highest BCUT2D eigenvalue weighted by atomic mass is 16.5. The third-order valence-electron chi connectivity index (χ3n) is 5.23. The van der Waals surface area contributed by atoms with E-state index in [1.165, 1.54) is 0 Å². The molecule has 5 heteroatoms. The molecule has 0 aromatic heterocycles. The van der Waals surface area contributed by atoms with Crippen molar-refractivity contribution in [1.29, 1.82) is 0 Å². The van der Waals surface area contributed by atoms with E-state index in [-0.39, 0.29) is 17.9 Å². The van der Waals surface area contributed by atoms with Crippen LogP contribution in [0.1, 0.15) is 46.0 Å². The predicted octanol–water partition coefficient (Wildman–Crippen LogP) is 2.05. The molecule has 0 aromatic carbocycles. The SMILES string of the molecule is CCC1CC(C(=O)O)C(C(=O)NC(C)C2CCOCC2)C1. The molecule has 0 bridgehead atoms. The monoisotopic (exact) mass is 297 g/mol. The quantitative estimate of drug-likeness (QED) is 0.814. The van der Waals surface area contributed by atoms with E-state index >= 15 is 0 Å². The van der Waals surface area contributed by atoms with Crippen molar-refractivity contribution >= 4 is 11.9 Å². The van der Waals surface area contributed by atoms with E-state index in [1.54, 1.807) is 0 Å². The molecule has 1 aliphatic carbocycles. The first kappa shape index (κ1) is 16.3. The van der Waals surface area contributed by atoms with Crippen LogP contribution in [0.4, 0.5) is 0 Å². The number of hydrogen-bond donors (Lipinski definition) is 2. The lowest BCUT2D eigenvalue weighted by atomic mass is 9.91. The van der Waals surface area contributed by atoms with Gasteiger partial charge in [-0.15, -0.1) is 0 Å². The summed E-state index contributed by atoms with van der Waals surface area (Å²) in [6.45, 7) is 5.60. The molecule has 1 aliphatic heterocycles. The van der Waals surface area contributed by atoms with Crippen molar-refractivity contribution < 1.29 is 19.4 Å². The van der Waals surface area contributed by atoms with Crippen molar-refractivity contribution in [1.82, 2.24) is 5.32 Å². The molecule has 4 unspecified atom stereocenters. The number of amides is 1. The topological polar surface area (TPSA) is 75.6 Å². The van der Waals surface area contributed by atoms with Crippen LogP contribution < -0.4 is 5.32 Å². The lowest BCUT2D eigenvalue weighted by Crippen LogP contribution is -2.44. The zero-order valence-corrected chi connectivity index (χ0v) is 13.0. The van der Waals surface area contributed by atoms with Crippen LogP contribution in [0.2, 0.25) is 0 Å². The van der Waals surface area contributed by atoms with Crippen LogP contribution in [0.25, 0.3) is 0 Å². The molecule has 1 saturated carbocycles. The van der Waals surface area contributed by atoms with Gasteiger partial charge in [0.1, 0.15) is 0 Å². The van der Waals surface area contributed by atoms with E-state index in [0.717, 1.165) is 32.5 Å². The largest absolute Gasteiger partial charge is 0.481 e. The van der Waals surface area contributed by atoms with E-state index < -0.39 is 11.9 Å². The Labute approximate surface area is 126 Å². The van der Waals surface area contributed by atoms with Crippen molar-refractivity contribution in [3.8, 4) is 0 Å². The second-order valence-electron chi connectivity index (χ2n) is 6.54. The molecule has 2 rings (SSSR count). The number of hydrogen-bond acceptors (Lipinski definition) is 3. The van der Waals surface area contributed by atoms with Gasteiger partial charge in [-0.1, -0.05) is 13.3 Å². The Balaban J connectivity index is 1.93. The van der Waals surface area contributed by atoms with Crippen molar-refractivity contribution in [2.75, 3.05) is 13.2 Å². The molecule has 2 aliphatic rings. The lowest BCUT2D eigenvalue weighted by Gasteiger charge is -2.29. The standard InChI is InChI=1S/C16H27NO4/c1-3-11-8-13(14(9-11)16(19)20)15(18)17-10(2)12-4-6-21-7-5-12/h10-14H,3-9H2,1-2H3,(H,17,18)(H,19,20). The first-order chi connectivity index (χ1) is 10.0. The molecule has 2 fully saturated rings. The maximum Gasteiger partial charge on any atom is 0.307 e. The molecule has 1 amide bonds. The number of carbonyl (C=O) groups is 2. The van der Waals surface area contributed by atoms with Crippen LogP contribution in [-0.2, 0) is 14.3 Å². The highest BCUT2D eigenvalue weighted by Gasteiger charge is 2.42. The fourth-order valence-corrected chi connectivity index (χ4v) is 3.70. The highest BCUT2D eigenvalue weighted by molar-refractivity contribution is 5.85. The summed E-state index contributed by atoms with van der Waals surface area (Å²) in [5.74, 6) is -0.983. The van der Waals surface area contributed by atoms with Crippen molar-refractivity contribution in [3.63, 3.8) is 0 Å². The third-order valence-corrected chi connectivity index (χ3v) is 5.23. The molecule has 21 heavy (non-hydrogen) atoms. The van der Waals surface area contributed by atoms with Gasteiger partial charge >= 0.3 is 5.97 Å². The van der Waals surface area contributed by atoms with Crippen molar-refractivity contribution in [2.24, 2.45) is 23.7 Å². The average molecular weight is 297 g/mol. The van der Waals surface area contributed by atoms with Gasteiger partial charge in [0.05, 0.1) is 11.8 Å². The summed E-state index contributed by atoms with van der Waals surface area (Å²) >= 11 is 0. The van der Waals surface area contributed by atoms with Crippen LogP contribution in [0.3, 0.4) is 0 Å². The molecular formula is C16H27NO4. The molecule has 1 heterocycles. The summed E-state index contributed by atoms with van der Waals surface area (Å²) in [6.07, 6.45) is 4.22. The second-order valence-corrected chi connectivity index (χ2v) is 6.54. The molecule has 0 radical (unpaired) electrons. The Hall–Kier alpha value is -1.10. The number of rotatable bonds is 5. The average Bonchev–Trinajstić information content (AvgIpc) is 2.92. The summed E-state index contributed by atoms with van der Waals surface area (Å²) in [5.41, 5.74) is 0. The normalized spacial score (nSPS) is 31.8. The van der Waals surface area contributed by atoms with E-state index in [9.17, 15) is 14.7 Å². The summed E-state index contributed by atoms with van der Waals surface area (Å²) in [4.78, 5) is 23.8. The first-order valence-electron chi connectivity index (χ1n) is 8.13. The fraction of sp³-hybridized carbons (Fsp3) is 0.875. The van der Waals surface area contributed by atoms with Crippen LogP contribution >= 0.6 is 0 Å². The Bertz CT molecular complexity index is 378. The van der Waals surface area contributed by atoms with Gasteiger partial charge in [0.25, 0.3) is 0 Å². The van der Waals surface area contributed by atoms with E-state index in [0.29, 0.717) is 24.7 Å². The third kappa shape index (κ3) is 3.96. The number of carboxylic acid groups (broad SMARTS) is 1. The van der Waals surface area contributed by atoms with Crippen LogP contribution in [-0.4, -0.2) is 36.2 Å². The zero-order chi connectivity index (χ0) is 15.4. The minimum atomic E-state index is -0.829. The summed E-state index contributed by atoms with van der Waals surface area (Å²) in [5, 5.41) is 12.4. The van der Waals surface area contributed by atoms with Gasteiger partial charge in [-0.2, -0.15) is 0 Å². The number of carbonyl (C=O) groups excluding carboxylic acids is 1. The van der Waals surface area contributed by atoms with Gasteiger partial charge in [0, 0.05) is 19.3 Å². The molecule has 5 nitrogen and oxygen atoms in total. The maximum atomic E-state index is 12.5. The van der Waals surface area contributed by atoms with E-state index in [4.69, 9.17) is 4.74 Å². The molecular weight excluding hydrogens is 270 g/mol. The van der Waals surface area contributed by atoms with Crippen LogP contribution in [0, 0.1) is 23.7 Å². The Morgan fingerprint density at radius 1 is 1.24 bits per heavy atom. The van der Waals surface area contributed by atoms with Gasteiger partial charge in [0.15, 0.2) is 0 Å². The van der Waals surface area contributed by atoms with Gasteiger partial charge in [-0.3, -0.25) is 9.59 Å². The number of carboxylic acids is 1. The highest BCUT2D eigenvalue weighted by Crippen LogP contribution is 2.38. The van der Waals surface area contributed by atoms with Gasteiger partial charge < -0.3 is 15.2 Å². The molecule has 120 valence electrons. The molecule has 2 N–H and O–H groups in total. The molecule has 4 atom stereocenters. The fourth-order valence-electron chi connectivity index (χ4n) is 3.70. The second kappa shape index (κ2) is 7.25. The molecule has 0 spiro atoms. The lowest BCUT2D eigenvalue weighted by molar-refractivity contribution is -0.146. The Kier molecular flexibility index (Phi) is 5.62. The molecule has 0 aromatic rings. The summed E-state index contributed by atoms with van der Waals surface area (Å²) in [6, 6.07) is 0.0940. The van der Waals surface area contributed by atoms with Gasteiger partial charge in [-0.25, -0.2) is 0 Å². The van der Waals surface area contributed by atoms with Crippen molar-refractivity contribution in [3.05, 3.63) is 0 Å². The predicted molar refractivity (Wildman–Crippen MR) is 78.8 cm³/mol. The smallest absolute Gasteiger partial charge is 0.307 e.